The summed E-state index contributed by atoms with van der Waals surface area (Å²) < 4.78 is 31.9. The fourth-order valence-electron chi connectivity index (χ4n) is 14.9. The smallest absolute Gasteiger partial charge is 0.186 e. The minimum Gasteiger partial charge on any atom is -0.394 e. The van der Waals surface area contributed by atoms with Crippen molar-refractivity contribution in [3.05, 3.63) is 0 Å². The average molecular weight is 785 g/mol. The molecule has 9 N–H and O–H groups in total. The lowest BCUT2D eigenvalue weighted by Crippen LogP contribution is -2.65. The zero-order valence-corrected chi connectivity index (χ0v) is 33.6. The van der Waals surface area contributed by atoms with Crippen molar-refractivity contribution in [2.45, 2.75) is 197 Å². The molecule has 2 spiro atoms. The second-order valence-corrected chi connectivity index (χ2v) is 21.1. The fraction of sp³-hybridized carbons (Fsp3) is 1.00. The third-order valence-corrected chi connectivity index (χ3v) is 17.6. The third-order valence-electron chi connectivity index (χ3n) is 17.6. The highest BCUT2D eigenvalue weighted by Crippen LogP contribution is 2.89. The van der Waals surface area contributed by atoms with Crippen molar-refractivity contribution in [1.82, 2.24) is 0 Å². The van der Waals surface area contributed by atoms with Gasteiger partial charge in [0, 0.05) is 5.92 Å². The van der Waals surface area contributed by atoms with Crippen LogP contribution in [0.15, 0.2) is 0 Å². The van der Waals surface area contributed by atoms with Crippen LogP contribution in [0.2, 0.25) is 0 Å². The number of aliphatic hydroxyl groups is 9. The van der Waals surface area contributed by atoms with E-state index in [0.29, 0.717) is 25.7 Å². The van der Waals surface area contributed by atoms with Gasteiger partial charge in [-0.1, -0.05) is 27.7 Å². The highest BCUT2D eigenvalue weighted by atomic mass is 16.7. The topological polar surface area (TPSA) is 228 Å². The molecule has 0 radical (unpaired) electrons. The first-order valence-corrected chi connectivity index (χ1v) is 20.9. The van der Waals surface area contributed by atoms with E-state index in [2.05, 4.69) is 34.6 Å². The van der Waals surface area contributed by atoms with Gasteiger partial charge in [0.1, 0.15) is 42.7 Å². The minimum atomic E-state index is -1.60. The largest absolute Gasteiger partial charge is 0.394 e. The molecule has 0 aromatic carbocycles. The van der Waals surface area contributed by atoms with E-state index in [1.165, 1.54) is 0 Å². The maximum absolute atomic E-state index is 12.2. The van der Waals surface area contributed by atoms with Crippen LogP contribution in [-0.2, 0) is 23.7 Å². The molecule has 14 heteroatoms. The predicted octanol–water partition coefficient (Wildman–Crippen LogP) is 0.724. The Morgan fingerprint density at radius 3 is 2.05 bits per heavy atom. The molecule has 5 aliphatic carbocycles. The number of hydrogen-bond acceptors (Lipinski definition) is 14. The van der Waals surface area contributed by atoms with E-state index in [9.17, 15) is 46.0 Å². The number of ether oxygens (including phenoxy) is 5. The molecule has 3 aliphatic heterocycles. The Morgan fingerprint density at radius 1 is 0.709 bits per heavy atom. The molecule has 3 unspecified atom stereocenters. The molecule has 0 aromatic heterocycles. The summed E-state index contributed by atoms with van der Waals surface area (Å²) in [5.74, 6) is -0.215. The number of rotatable bonds is 7. The Balaban J connectivity index is 1.15. The van der Waals surface area contributed by atoms with Crippen molar-refractivity contribution >= 4 is 0 Å². The van der Waals surface area contributed by atoms with E-state index in [-0.39, 0.29) is 52.1 Å². The van der Waals surface area contributed by atoms with Crippen LogP contribution in [0.5, 0.6) is 0 Å². The van der Waals surface area contributed by atoms with Gasteiger partial charge in [-0.2, -0.15) is 0 Å². The van der Waals surface area contributed by atoms with Crippen LogP contribution in [0.4, 0.5) is 0 Å². The maximum Gasteiger partial charge on any atom is 0.186 e. The molecular weight excluding hydrogens is 716 g/mol. The Kier molecular flexibility index (Phi) is 9.90. The Hall–Kier alpha value is -0.560. The highest BCUT2D eigenvalue weighted by Gasteiger charge is 2.85. The van der Waals surface area contributed by atoms with Crippen LogP contribution < -0.4 is 0 Å². The van der Waals surface area contributed by atoms with Gasteiger partial charge < -0.3 is 69.6 Å². The van der Waals surface area contributed by atoms with Crippen LogP contribution in [0.1, 0.15) is 106 Å². The van der Waals surface area contributed by atoms with Gasteiger partial charge >= 0.3 is 0 Å². The molecule has 8 rings (SSSR count). The van der Waals surface area contributed by atoms with E-state index in [4.69, 9.17) is 23.7 Å². The summed E-state index contributed by atoms with van der Waals surface area (Å²) in [5, 5.41) is 97.2. The quantitative estimate of drug-likeness (QED) is 0.162. The first-order valence-electron chi connectivity index (χ1n) is 20.9. The van der Waals surface area contributed by atoms with E-state index in [1.54, 1.807) is 13.8 Å². The number of aliphatic hydroxyl groups excluding tert-OH is 8. The van der Waals surface area contributed by atoms with Crippen LogP contribution in [-0.4, -0.2) is 150 Å². The molecule has 3 saturated heterocycles. The van der Waals surface area contributed by atoms with E-state index >= 15 is 0 Å². The third kappa shape index (κ3) is 5.70. The normalized spacial score (nSPS) is 58.7. The summed E-state index contributed by atoms with van der Waals surface area (Å²) in [6.45, 7) is 13.8. The molecule has 14 nitrogen and oxygen atoms in total. The Morgan fingerprint density at radius 2 is 1.40 bits per heavy atom. The monoisotopic (exact) mass is 784 g/mol. The van der Waals surface area contributed by atoms with Crippen LogP contribution >= 0.6 is 0 Å². The van der Waals surface area contributed by atoms with Crippen LogP contribution in [0.3, 0.4) is 0 Å². The SMILES string of the molecule is CC(C)(O)[C@@H]1CC[C@](C)([C@H]2[C@@H](O)C[C@@]3(C)C4C[C@H](O[C@@H]5O[C@H](CO)[C@@H](O)[C@H](O)[C@H]5O)C5C(C)(C)[C@@H](O[C@@H]6OC[C@@H](O)[C@H](O)[C@H]6O)CC[C@@]56CC46CC[C@]23C)O1. The Bertz CT molecular complexity index is 1460. The van der Waals surface area contributed by atoms with Crippen molar-refractivity contribution in [2.24, 2.45) is 44.8 Å². The summed E-state index contributed by atoms with van der Waals surface area (Å²) in [5.41, 5.74) is -3.16. The molecule has 0 amide bonds. The van der Waals surface area contributed by atoms with Gasteiger partial charge in [0.05, 0.1) is 48.8 Å². The van der Waals surface area contributed by atoms with E-state index < -0.39 is 96.8 Å². The van der Waals surface area contributed by atoms with Gasteiger partial charge in [-0.25, -0.2) is 0 Å². The predicted molar refractivity (Wildman–Crippen MR) is 194 cm³/mol. The van der Waals surface area contributed by atoms with Gasteiger partial charge in [0.2, 0.25) is 0 Å². The minimum absolute atomic E-state index is 0.0633. The van der Waals surface area contributed by atoms with Crippen molar-refractivity contribution < 1.29 is 69.6 Å². The molecule has 8 fully saturated rings. The summed E-state index contributed by atoms with van der Waals surface area (Å²) in [6, 6.07) is 0. The molecule has 21 atom stereocenters. The van der Waals surface area contributed by atoms with Gasteiger partial charge in [-0.15, -0.1) is 0 Å². The first kappa shape index (κ1) is 41.2. The van der Waals surface area contributed by atoms with Gasteiger partial charge in [-0.3, -0.25) is 0 Å². The molecular formula is C41H68O14. The average Bonchev–Trinajstić information content (AvgIpc) is 3.47. The lowest BCUT2D eigenvalue weighted by molar-refractivity contribution is -0.339. The summed E-state index contributed by atoms with van der Waals surface area (Å²) in [7, 11) is 0. The van der Waals surface area contributed by atoms with Crippen LogP contribution in [0, 0.1) is 44.8 Å². The second-order valence-electron chi connectivity index (χ2n) is 21.1. The molecule has 316 valence electrons. The van der Waals surface area contributed by atoms with E-state index in [0.717, 1.165) is 32.1 Å². The van der Waals surface area contributed by atoms with Gasteiger partial charge in [0.25, 0.3) is 0 Å². The molecule has 5 saturated carbocycles. The Labute approximate surface area is 324 Å². The second kappa shape index (κ2) is 13.2. The molecule has 0 bridgehead atoms. The first-order chi connectivity index (χ1) is 25.5. The van der Waals surface area contributed by atoms with Crippen molar-refractivity contribution in [1.29, 1.82) is 0 Å². The van der Waals surface area contributed by atoms with Crippen molar-refractivity contribution in [3.8, 4) is 0 Å². The van der Waals surface area contributed by atoms with Gasteiger partial charge in [-0.05, 0) is 117 Å². The molecule has 55 heavy (non-hydrogen) atoms. The number of hydrogen-bond donors (Lipinski definition) is 9. The fourth-order valence-corrected chi connectivity index (χ4v) is 14.9. The molecule has 0 aromatic rings. The summed E-state index contributed by atoms with van der Waals surface area (Å²) in [6.07, 6.45) is -7.48. The summed E-state index contributed by atoms with van der Waals surface area (Å²) in [4.78, 5) is 0. The maximum atomic E-state index is 12.2. The zero-order chi connectivity index (χ0) is 40.1. The lowest BCUT2D eigenvalue weighted by atomic mass is 9.41. The summed E-state index contributed by atoms with van der Waals surface area (Å²) >= 11 is 0. The number of fused-ring (bicyclic) bond motifs is 2. The molecule has 3 heterocycles. The molecule has 8 aliphatic rings. The van der Waals surface area contributed by atoms with Crippen LogP contribution in [0.25, 0.3) is 0 Å². The zero-order valence-electron chi connectivity index (χ0n) is 33.6. The standard InChI is InChI=1S/C41H68O14/c1-35(2)24(54-33-29(48)26(45)20(44)17-51-33)9-11-41-18-40(41)13-12-37(5)31(39(7)10-8-25(55-39)36(3,4)50)19(43)15-38(37,6)23(40)14-21(32(35)41)52-34-30(49)28(47)27(46)22(16-42)53-34/h19-34,42-50H,8-18H2,1-7H3/t19-,20+,21-,22+,23?,24-,25-,26-,27+,28-,29+,30+,31-,32?,33-,34+,37+,38-,39+,40?,41+/m0/s1. The lowest BCUT2D eigenvalue weighted by Gasteiger charge is -2.65. The van der Waals surface area contributed by atoms with Crippen molar-refractivity contribution in [2.75, 3.05) is 13.2 Å². The highest BCUT2D eigenvalue weighted by molar-refractivity contribution is 5.33. The van der Waals surface area contributed by atoms with E-state index in [1.807, 2.05) is 0 Å². The van der Waals surface area contributed by atoms with Gasteiger partial charge in [0.15, 0.2) is 12.6 Å². The van der Waals surface area contributed by atoms with Crippen molar-refractivity contribution in [3.63, 3.8) is 0 Å².